The van der Waals surface area contributed by atoms with E-state index in [2.05, 4.69) is 51.6 Å². The van der Waals surface area contributed by atoms with E-state index in [1.165, 1.54) is 5.56 Å². The molecule has 3 nitrogen and oxygen atoms in total. The second-order valence-corrected chi connectivity index (χ2v) is 9.77. The summed E-state index contributed by atoms with van der Waals surface area (Å²) in [5, 5.41) is 11.0. The number of carbonyl (C=O) groups is 1. The lowest BCUT2D eigenvalue weighted by Gasteiger charge is -2.44. The maximum absolute atomic E-state index is 13.1. The summed E-state index contributed by atoms with van der Waals surface area (Å²) in [5.41, 5.74) is 2.73. The Morgan fingerprint density at radius 1 is 1.06 bits per heavy atom. The number of carbonyl (C=O) groups excluding carboxylic acids is 1. The van der Waals surface area contributed by atoms with Gasteiger partial charge in [-0.15, -0.1) is 0 Å². The number of aliphatic hydroxyl groups is 1. The predicted octanol–water partition coefficient (Wildman–Crippen LogP) is 6.03. The van der Waals surface area contributed by atoms with Gasteiger partial charge < -0.3 is 9.84 Å². The minimum atomic E-state index is -1.27. The number of hydrogen-bond acceptors (Lipinski definition) is 3. The molecule has 0 unspecified atom stereocenters. The molecule has 1 aliphatic rings. The fraction of sp³-hybridized carbons (Fsp3) is 0.464. The van der Waals surface area contributed by atoms with Gasteiger partial charge in [0.2, 0.25) is 0 Å². The molecule has 1 fully saturated rings. The van der Waals surface area contributed by atoms with Gasteiger partial charge in [0.1, 0.15) is 6.10 Å². The Bertz CT molecular complexity index is 872. The average Bonchev–Trinajstić information content (AvgIpc) is 2.75. The molecule has 5 atom stereocenters. The summed E-state index contributed by atoms with van der Waals surface area (Å²) >= 11 is 0. The minimum Gasteiger partial charge on any atom is -0.460 e. The fourth-order valence-corrected chi connectivity index (χ4v) is 5.12. The molecule has 1 aliphatic carbocycles. The average molecular weight is 421 g/mol. The predicted molar refractivity (Wildman–Crippen MR) is 126 cm³/mol. The van der Waals surface area contributed by atoms with Gasteiger partial charge in [0, 0.05) is 11.8 Å². The van der Waals surface area contributed by atoms with Crippen molar-refractivity contribution in [3.05, 3.63) is 83.9 Å². The Hall–Kier alpha value is -2.39. The molecule has 0 radical (unpaired) electrons. The molecule has 0 aliphatic heterocycles. The van der Waals surface area contributed by atoms with E-state index < -0.39 is 18.0 Å². The molecule has 2 aromatic carbocycles. The molecule has 0 aromatic heterocycles. The van der Waals surface area contributed by atoms with Crippen LogP contribution < -0.4 is 0 Å². The molecule has 1 N–H and O–H groups in total. The highest BCUT2D eigenvalue weighted by Gasteiger charge is 2.43. The van der Waals surface area contributed by atoms with Crippen LogP contribution in [0.5, 0.6) is 0 Å². The SMILES string of the molecule is C=C(C)[C@H](c1ccccc1)[C@H](O)C(=O)O[C@H]1C[C@H](C)CC[C@H]1C(C)(C)c1ccccc1. The van der Waals surface area contributed by atoms with E-state index in [1.54, 1.807) is 0 Å². The van der Waals surface area contributed by atoms with Gasteiger partial charge in [-0.3, -0.25) is 0 Å². The van der Waals surface area contributed by atoms with Crippen LogP contribution in [0.3, 0.4) is 0 Å². The number of esters is 1. The van der Waals surface area contributed by atoms with Crippen molar-refractivity contribution in [2.45, 2.75) is 70.5 Å². The smallest absolute Gasteiger partial charge is 0.336 e. The maximum atomic E-state index is 13.1. The first kappa shape index (κ1) is 23.3. The van der Waals surface area contributed by atoms with E-state index in [-0.39, 0.29) is 17.4 Å². The Labute approximate surface area is 187 Å². The molecular weight excluding hydrogens is 384 g/mol. The molecule has 0 spiro atoms. The van der Waals surface area contributed by atoms with E-state index in [1.807, 2.05) is 43.3 Å². The van der Waals surface area contributed by atoms with Gasteiger partial charge in [0.05, 0.1) is 0 Å². The van der Waals surface area contributed by atoms with Crippen molar-refractivity contribution in [1.29, 1.82) is 0 Å². The van der Waals surface area contributed by atoms with Crippen LogP contribution in [0.1, 0.15) is 64.0 Å². The number of aliphatic hydroxyl groups excluding tert-OH is 1. The van der Waals surface area contributed by atoms with Crippen molar-refractivity contribution in [3.63, 3.8) is 0 Å². The largest absolute Gasteiger partial charge is 0.460 e. The van der Waals surface area contributed by atoms with Crippen LogP contribution in [0.15, 0.2) is 72.8 Å². The molecule has 2 aromatic rings. The van der Waals surface area contributed by atoms with Gasteiger partial charge in [-0.1, -0.05) is 100 Å². The molecule has 31 heavy (non-hydrogen) atoms. The van der Waals surface area contributed by atoms with E-state index in [4.69, 9.17) is 4.74 Å². The van der Waals surface area contributed by atoms with Crippen LogP contribution in [0.2, 0.25) is 0 Å². The van der Waals surface area contributed by atoms with Crippen LogP contribution >= 0.6 is 0 Å². The topological polar surface area (TPSA) is 46.5 Å². The van der Waals surface area contributed by atoms with Gasteiger partial charge in [-0.25, -0.2) is 4.79 Å². The quantitative estimate of drug-likeness (QED) is 0.439. The number of benzene rings is 2. The lowest BCUT2D eigenvalue weighted by molar-refractivity contribution is -0.167. The van der Waals surface area contributed by atoms with Crippen LogP contribution in [0.4, 0.5) is 0 Å². The molecule has 1 saturated carbocycles. The standard InChI is InChI=1S/C28H36O3/c1-19(2)25(21-12-8-6-9-13-21)26(29)27(30)31-24-18-20(3)16-17-23(24)28(4,5)22-14-10-7-11-15-22/h6-15,20,23-26,29H,1,16-18H2,2-5H3/t20-,23-,24+,25-,26+/m1/s1. The van der Waals surface area contributed by atoms with Crippen molar-refractivity contribution in [3.8, 4) is 0 Å². The number of ether oxygens (including phenoxy) is 1. The number of hydrogen-bond donors (Lipinski definition) is 1. The molecular formula is C28H36O3. The summed E-state index contributed by atoms with van der Waals surface area (Å²) in [5.74, 6) is -0.341. The lowest BCUT2D eigenvalue weighted by atomic mass is 9.64. The maximum Gasteiger partial charge on any atom is 0.336 e. The number of rotatable bonds is 7. The van der Waals surface area contributed by atoms with Crippen LogP contribution in [0, 0.1) is 11.8 Å². The van der Waals surface area contributed by atoms with Gasteiger partial charge in [0.15, 0.2) is 6.10 Å². The van der Waals surface area contributed by atoms with E-state index >= 15 is 0 Å². The molecule has 3 heteroatoms. The van der Waals surface area contributed by atoms with Crippen LogP contribution in [-0.4, -0.2) is 23.3 Å². The van der Waals surface area contributed by atoms with Gasteiger partial charge in [-0.05, 0) is 42.2 Å². The Morgan fingerprint density at radius 3 is 2.23 bits per heavy atom. The zero-order valence-electron chi connectivity index (χ0n) is 19.3. The fourth-order valence-electron chi connectivity index (χ4n) is 5.12. The second-order valence-electron chi connectivity index (χ2n) is 9.77. The van der Waals surface area contributed by atoms with Crippen LogP contribution in [0.25, 0.3) is 0 Å². The highest BCUT2D eigenvalue weighted by atomic mass is 16.6. The van der Waals surface area contributed by atoms with E-state index in [0.717, 1.165) is 30.4 Å². The second kappa shape index (κ2) is 9.82. The van der Waals surface area contributed by atoms with Gasteiger partial charge >= 0.3 is 5.97 Å². The molecule has 0 bridgehead atoms. The first-order valence-corrected chi connectivity index (χ1v) is 11.4. The van der Waals surface area contributed by atoms with Crippen molar-refractivity contribution in [2.24, 2.45) is 11.8 Å². The summed E-state index contributed by atoms with van der Waals surface area (Å²) in [7, 11) is 0. The Morgan fingerprint density at radius 2 is 1.65 bits per heavy atom. The van der Waals surface area contributed by atoms with Crippen molar-refractivity contribution >= 4 is 5.97 Å². The molecule has 0 heterocycles. The third-order valence-corrected chi connectivity index (χ3v) is 7.01. The summed E-state index contributed by atoms with van der Waals surface area (Å²) in [6.45, 7) is 12.6. The highest BCUT2D eigenvalue weighted by Crippen LogP contribution is 2.44. The van der Waals surface area contributed by atoms with Crippen molar-refractivity contribution in [2.75, 3.05) is 0 Å². The lowest BCUT2D eigenvalue weighted by Crippen LogP contribution is -2.45. The van der Waals surface area contributed by atoms with Crippen molar-refractivity contribution in [1.82, 2.24) is 0 Å². The third kappa shape index (κ3) is 5.27. The third-order valence-electron chi connectivity index (χ3n) is 7.01. The molecule has 0 amide bonds. The first-order valence-electron chi connectivity index (χ1n) is 11.4. The van der Waals surface area contributed by atoms with Crippen molar-refractivity contribution < 1.29 is 14.6 Å². The molecule has 0 saturated heterocycles. The van der Waals surface area contributed by atoms with E-state index in [9.17, 15) is 9.90 Å². The minimum absolute atomic E-state index is 0.134. The molecule has 166 valence electrons. The van der Waals surface area contributed by atoms with Crippen LogP contribution in [-0.2, 0) is 14.9 Å². The Kier molecular flexibility index (Phi) is 7.38. The zero-order valence-corrected chi connectivity index (χ0v) is 19.3. The highest BCUT2D eigenvalue weighted by molar-refractivity contribution is 5.76. The summed E-state index contributed by atoms with van der Waals surface area (Å²) in [6.07, 6.45) is 1.46. The summed E-state index contributed by atoms with van der Waals surface area (Å²) < 4.78 is 6.07. The summed E-state index contributed by atoms with van der Waals surface area (Å²) in [4.78, 5) is 13.1. The monoisotopic (exact) mass is 420 g/mol. The van der Waals surface area contributed by atoms with E-state index in [0.29, 0.717) is 5.92 Å². The zero-order chi connectivity index (χ0) is 22.6. The molecule has 3 rings (SSSR count). The summed E-state index contributed by atoms with van der Waals surface area (Å²) in [6, 6.07) is 20.0. The van der Waals surface area contributed by atoms with Gasteiger partial charge in [0.25, 0.3) is 0 Å². The van der Waals surface area contributed by atoms with Gasteiger partial charge in [-0.2, -0.15) is 0 Å². The first-order chi connectivity index (χ1) is 14.7. The normalized spacial score (nSPS) is 23.6. The Balaban J connectivity index is 1.82.